The van der Waals surface area contributed by atoms with Gasteiger partial charge in [0, 0.05) is 17.3 Å². The zero-order chi connectivity index (χ0) is 19.6. The van der Waals surface area contributed by atoms with Crippen LogP contribution in [0.3, 0.4) is 0 Å². The molecule has 0 radical (unpaired) electrons. The van der Waals surface area contributed by atoms with Gasteiger partial charge in [-0.1, -0.05) is 66.2 Å². The number of aryl methyl sites for hydroxylation is 1. The topological polar surface area (TPSA) is 46.6 Å². The highest BCUT2D eigenvalue weighted by molar-refractivity contribution is 7.89. The molecule has 0 aliphatic carbocycles. The van der Waals surface area contributed by atoms with Crippen LogP contribution in [0, 0.1) is 6.92 Å². The molecule has 0 atom stereocenters. The van der Waals surface area contributed by atoms with Crippen LogP contribution in [0.5, 0.6) is 5.75 Å². The molecule has 0 bridgehead atoms. The summed E-state index contributed by atoms with van der Waals surface area (Å²) in [6.45, 7) is 2.55. The van der Waals surface area contributed by atoms with E-state index in [-0.39, 0.29) is 11.4 Å². The highest BCUT2D eigenvalue weighted by Gasteiger charge is 2.25. The van der Waals surface area contributed by atoms with E-state index in [0.29, 0.717) is 6.61 Å². The van der Waals surface area contributed by atoms with Gasteiger partial charge in [-0.2, -0.15) is 0 Å². The molecule has 0 saturated carbocycles. The minimum absolute atomic E-state index is 0.253. The summed E-state index contributed by atoms with van der Waals surface area (Å²) >= 11 is 0. The second-order valence-corrected chi connectivity index (χ2v) is 8.68. The van der Waals surface area contributed by atoms with Crippen LogP contribution in [0.25, 0.3) is 5.57 Å². The fourth-order valence-corrected chi connectivity index (χ4v) is 4.52. The summed E-state index contributed by atoms with van der Waals surface area (Å²) in [6, 6.07) is 24.2. The molecule has 0 N–H and O–H groups in total. The summed E-state index contributed by atoms with van der Waals surface area (Å²) in [7, 11) is -3.70. The van der Waals surface area contributed by atoms with Crippen molar-refractivity contribution in [1.29, 1.82) is 0 Å². The number of rotatable bonds is 5. The monoisotopic (exact) mass is 391 g/mol. The molecule has 0 saturated heterocycles. The third kappa shape index (κ3) is 3.66. The van der Waals surface area contributed by atoms with Gasteiger partial charge in [0.05, 0.1) is 11.4 Å². The highest BCUT2D eigenvalue weighted by atomic mass is 32.2. The van der Waals surface area contributed by atoms with E-state index in [1.165, 1.54) is 4.31 Å². The highest BCUT2D eigenvalue weighted by Crippen LogP contribution is 2.34. The third-order valence-corrected chi connectivity index (χ3v) is 6.44. The maximum absolute atomic E-state index is 13.4. The first-order valence-corrected chi connectivity index (χ1v) is 10.5. The van der Waals surface area contributed by atoms with Crippen molar-refractivity contribution in [3.8, 4) is 5.75 Å². The maximum atomic E-state index is 13.4. The van der Waals surface area contributed by atoms with Gasteiger partial charge in [-0.3, -0.25) is 4.31 Å². The second kappa shape index (κ2) is 7.52. The Balaban J connectivity index is 1.76. The fourth-order valence-electron chi connectivity index (χ4n) is 3.18. The molecule has 0 spiro atoms. The van der Waals surface area contributed by atoms with Gasteiger partial charge in [0.15, 0.2) is 0 Å². The Morgan fingerprint density at radius 1 is 0.929 bits per heavy atom. The fraction of sp³-hybridized carbons (Fsp3) is 0.130. The molecule has 3 aromatic carbocycles. The van der Waals surface area contributed by atoms with Gasteiger partial charge in [0.25, 0.3) is 10.0 Å². The number of ether oxygens (including phenoxy) is 1. The molecule has 142 valence electrons. The minimum Gasteiger partial charge on any atom is -0.488 e. The molecule has 1 aliphatic heterocycles. The van der Waals surface area contributed by atoms with Crippen LogP contribution in [-0.4, -0.2) is 19.3 Å². The van der Waals surface area contributed by atoms with Crippen molar-refractivity contribution in [3.05, 3.63) is 102 Å². The molecule has 0 unspecified atom stereocenters. The smallest absolute Gasteiger partial charge is 0.264 e. The summed E-state index contributed by atoms with van der Waals surface area (Å²) < 4.78 is 33.9. The standard InChI is InChI=1S/C23H21NO3S/c1-18-11-13-21(14-12-18)28(25,26)24(15-19-7-3-2-4-8-19)16-20-17-27-23-10-6-5-9-22(20)23/h2-14,16H,15,17H2,1H3/b20-16-. The second-order valence-electron chi connectivity index (χ2n) is 6.79. The molecular weight excluding hydrogens is 370 g/mol. The van der Waals surface area contributed by atoms with Crippen molar-refractivity contribution in [2.75, 3.05) is 6.61 Å². The Morgan fingerprint density at radius 2 is 1.61 bits per heavy atom. The van der Waals surface area contributed by atoms with E-state index >= 15 is 0 Å². The summed E-state index contributed by atoms with van der Waals surface area (Å²) in [5.74, 6) is 0.779. The van der Waals surface area contributed by atoms with E-state index in [1.54, 1.807) is 18.3 Å². The maximum Gasteiger partial charge on any atom is 0.264 e. The summed E-state index contributed by atoms with van der Waals surface area (Å²) in [4.78, 5) is 0.276. The number of sulfonamides is 1. The normalized spacial score (nSPS) is 14.5. The van der Waals surface area contributed by atoms with Crippen LogP contribution in [0.15, 0.2) is 90.0 Å². The van der Waals surface area contributed by atoms with Gasteiger partial charge in [0.1, 0.15) is 12.4 Å². The first-order valence-electron chi connectivity index (χ1n) is 9.09. The third-order valence-electron chi connectivity index (χ3n) is 4.72. The molecule has 4 nitrogen and oxygen atoms in total. The summed E-state index contributed by atoms with van der Waals surface area (Å²) in [5, 5.41) is 0. The number of hydrogen-bond acceptors (Lipinski definition) is 3. The Kier molecular flexibility index (Phi) is 4.92. The summed E-state index contributed by atoms with van der Waals surface area (Å²) in [5.41, 5.74) is 3.72. The number of nitrogens with zero attached hydrogens (tertiary/aromatic N) is 1. The average molecular weight is 391 g/mol. The van der Waals surface area contributed by atoms with Crippen LogP contribution in [0.1, 0.15) is 16.7 Å². The van der Waals surface area contributed by atoms with Gasteiger partial charge in [-0.15, -0.1) is 0 Å². The lowest BCUT2D eigenvalue weighted by molar-refractivity contribution is 0.387. The van der Waals surface area contributed by atoms with Crippen LogP contribution >= 0.6 is 0 Å². The largest absolute Gasteiger partial charge is 0.488 e. The lowest BCUT2D eigenvalue weighted by Crippen LogP contribution is -2.26. The predicted molar refractivity (Wildman–Crippen MR) is 110 cm³/mol. The SMILES string of the molecule is Cc1ccc(S(=O)(=O)N(/C=C2/COc3ccccc32)Cc2ccccc2)cc1. The van der Waals surface area contributed by atoms with Gasteiger partial charge >= 0.3 is 0 Å². The number of benzene rings is 3. The molecule has 3 aromatic rings. The van der Waals surface area contributed by atoms with E-state index in [2.05, 4.69) is 0 Å². The minimum atomic E-state index is -3.70. The Morgan fingerprint density at radius 3 is 2.36 bits per heavy atom. The van der Waals surface area contributed by atoms with E-state index in [4.69, 9.17) is 4.74 Å². The first-order chi connectivity index (χ1) is 13.5. The first kappa shape index (κ1) is 18.3. The molecule has 0 amide bonds. The van der Waals surface area contributed by atoms with Crippen molar-refractivity contribution in [2.45, 2.75) is 18.4 Å². The van der Waals surface area contributed by atoms with E-state index in [9.17, 15) is 8.42 Å². The molecule has 4 rings (SSSR count). The lowest BCUT2D eigenvalue weighted by atomic mass is 10.1. The quantitative estimate of drug-likeness (QED) is 0.638. The van der Waals surface area contributed by atoms with Gasteiger partial charge in [-0.25, -0.2) is 8.42 Å². The Bertz CT molecular complexity index is 1100. The van der Waals surface area contributed by atoms with Gasteiger partial charge in [0.2, 0.25) is 0 Å². The zero-order valence-electron chi connectivity index (χ0n) is 15.6. The van der Waals surface area contributed by atoms with Crippen molar-refractivity contribution in [3.63, 3.8) is 0 Å². The number of para-hydroxylation sites is 1. The molecule has 5 heteroatoms. The van der Waals surface area contributed by atoms with Crippen LogP contribution < -0.4 is 4.74 Å². The van der Waals surface area contributed by atoms with Gasteiger partial charge in [-0.05, 0) is 30.7 Å². The van der Waals surface area contributed by atoms with Crippen LogP contribution in [0.2, 0.25) is 0 Å². The molecule has 1 aliphatic rings. The van der Waals surface area contributed by atoms with Crippen LogP contribution in [-0.2, 0) is 16.6 Å². The summed E-state index contributed by atoms with van der Waals surface area (Å²) in [6.07, 6.45) is 1.70. The predicted octanol–water partition coefficient (Wildman–Crippen LogP) is 4.62. The zero-order valence-corrected chi connectivity index (χ0v) is 16.4. The van der Waals surface area contributed by atoms with Crippen molar-refractivity contribution >= 4 is 15.6 Å². The Hall–Kier alpha value is -3.05. The molecule has 0 fully saturated rings. The molecular formula is C23H21NO3S. The average Bonchev–Trinajstić information content (AvgIpc) is 3.12. The lowest BCUT2D eigenvalue weighted by Gasteiger charge is -2.22. The number of fused-ring (bicyclic) bond motifs is 1. The number of hydrogen-bond donors (Lipinski definition) is 0. The van der Waals surface area contributed by atoms with Crippen molar-refractivity contribution < 1.29 is 13.2 Å². The van der Waals surface area contributed by atoms with Crippen molar-refractivity contribution in [2.24, 2.45) is 0 Å². The Labute approximate surface area is 165 Å². The van der Waals surface area contributed by atoms with Gasteiger partial charge < -0.3 is 4.74 Å². The molecule has 28 heavy (non-hydrogen) atoms. The van der Waals surface area contributed by atoms with E-state index in [1.807, 2.05) is 73.7 Å². The van der Waals surface area contributed by atoms with E-state index < -0.39 is 10.0 Å². The van der Waals surface area contributed by atoms with E-state index in [0.717, 1.165) is 28.0 Å². The van der Waals surface area contributed by atoms with Crippen molar-refractivity contribution in [1.82, 2.24) is 4.31 Å². The van der Waals surface area contributed by atoms with Crippen LogP contribution in [0.4, 0.5) is 0 Å². The molecule has 1 heterocycles. The molecule has 0 aromatic heterocycles.